The fourth-order valence-electron chi connectivity index (χ4n) is 2.20. The summed E-state index contributed by atoms with van der Waals surface area (Å²) in [6.45, 7) is 4.48. The van der Waals surface area contributed by atoms with Crippen LogP contribution in [0.2, 0.25) is 0 Å². The highest BCUT2D eigenvalue weighted by atomic mass is 16.5. The van der Waals surface area contributed by atoms with Gasteiger partial charge in [0.2, 0.25) is 5.88 Å². The number of hydrogen-bond donors (Lipinski definition) is 3. The highest BCUT2D eigenvalue weighted by Crippen LogP contribution is 2.22. The normalized spacial score (nSPS) is 16.7. The van der Waals surface area contributed by atoms with Crippen LogP contribution >= 0.6 is 0 Å². The fraction of sp³-hybridized carbons (Fsp3) is 0.400. The number of allylic oxidation sites excluding steroid dienone is 1. The summed E-state index contributed by atoms with van der Waals surface area (Å²) in [5, 5.41) is 13.8. The molecule has 0 saturated carbocycles. The maximum absolute atomic E-state index is 12.2. The molecule has 0 saturated heterocycles. The number of anilines is 1. The van der Waals surface area contributed by atoms with E-state index >= 15 is 0 Å². The quantitative estimate of drug-likeness (QED) is 0.719. The van der Waals surface area contributed by atoms with Crippen molar-refractivity contribution in [3.8, 4) is 11.9 Å². The van der Waals surface area contributed by atoms with E-state index in [9.17, 15) is 4.79 Å². The number of hydrazine groups is 1. The minimum Gasteiger partial charge on any atom is -0.477 e. The molecule has 1 amide bonds. The number of nitrogens with one attached hydrogen (secondary N) is 2. The van der Waals surface area contributed by atoms with Crippen LogP contribution in [0, 0.1) is 11.3 Å². The Morgan fingerprint density at radius 1 is 1.65 bits per heavy atom. The van der Waals surface area contributed by atoms with Crippen LogP contribution in [0.3, 0.4) is 0 Å². The Morgan fingerprint density at radius 3 is 2.96 bits per heavy atom. The van der Waals surface area contributed by atoms with Crippen molar-refractivity contribution in [1.82, 2.24) is 20.7 Å². The molecule has 1 atom stereocenters. The number of rotatable bonds is 5. The number of carbonyl (C=O) groups excluding carboxylic acids is 1. The SMILES string of the molecule is CCOc1nc(C(=O)NCC2C=C(C)N(C)N2)cc(N)c1C#N. The van der Waals surface area contributed by atoms with Gasteiger partial charge in [-0.05, 0) is 26.0 Å². The summed E-state index contributed by atoms with van der Waals surface area (Å²) >= 11 is 0. The maximum Gasteiger partial charge on any atom is 0.270 e. The second-order valence-electron chi connectivity index (χ2n) is 5.13. The summed E-state index contributed by atoms with van der Waals surface area (Å²) < 4.78 is 5.28. The molecule has 2 rings (SSSR count). The van der Waals surface area contributed by atoms with Gasteiger partial charge >= 0.3 is 0 Å². The molecule has 4 N–H and O–H groups in total. The zero-order valence-corrected chi connectivity index (χ0v) is 13.4. The van der Waals surface area contributed by atoms with Crippen LogP contribution in [0.1, 0.15) is 29.9 Å². The Balaban J connectivity index is 2.09. The third-order valence-corrected chi connectivity index (χ3v) is 3.46. The molecule has 23 heavy (non-hydrogen) atoms. The van der Waals surface area contributed by atoms with E-state index in [1.165, 1.54) is 6.07 Å². The summed E-state index contributed by atoms with van der Waals surface area (Å²) in [6.07, 6.45) is 2.02. The molecule has 2 heterocycles. The number of nitrogens with zero attached hydrogens (tertiary/aromatic N) is 3. The average Bonchev–Trinajstić information content (AvgIpc) is 2.83. The third-order valence-electron chi connectivity index (χ3n) is 3.46. The Kier molecular flexibility index (Phi) is 5.03. The van der Waals surface area contributed by atoms with E-state index < -0.39 is 0 Å². The number of hydrogen-bond acceptors (Lipinski definition) is 7. The maximum atomic E-state index is 12.2. The van der Waals surface area contributed by atoms with Gasteiger partial charge in [0.15, 0.2) is 0 Å². The molecule has 0 spiro atoms. The Hall–Kier alpha value is -2.79. The summed E-state index contributed by atoms with van der Waals surface area (Å²) in [5.74, 6) is -0.292. The van der Waals surface area contributed by atoms with Gasteiger partial charge in [0.25, 0.3) is 5.91 Å². The average molecular weight is 316 g/mol. The summed E-state index contributed by atoms with van der Waals surface area (Å²) in [7, 11) is 1.91. The van der Waals surface area contributed by atoms with Crippen molar-refractivity contribution in [3.63, 3.8) is 0 Å². The molecule has 0 fully saturated rings. The molecule has 8 nitrogen and oxygen atoms in total. The molecule has 122 valence electrons. The van der Waals surface area contributed by atoms with Gasteiger partial charge in [-0.1, -0.05) is 0 Å². The summed E-state index contributed by atoms with van der Waals surface area (Å²) in [6, 6.07) is 3.33. The Bertz CT molecular complexity index is 679. The van der Waals surface area contributed by atoms with Crippen LogP contribution < -0.4 is 21.2 Å². The van der Waals surface area contributed by atoms with Gasteiger partial charge in [0.05, 0.1) is 18.3 Å². The lowest BCUT2D eigenvalue weighted by molar-refractivity contribution is 0.0943. The number of pyridine rings is 1. The lowest BCUT2D eigenvalue weighted by Gasteiger charge is -2.17. The number of nitrogens with two attached hydrogens (primary N) is 1. The molecule has 0 aromatic carbocycles. The number of ether oxygens (including phenoxy) is 1. The monoisotopic (exact) mass is 316 g/mol. The van der Waals surface area contributed by atoms with Gasteiger partial charge in [-0.25, -0.2) is 10.4 Å². The van der Waals surface area contributed by atoms with Gasteiger partial charge in [0, 0.05) is 19.3 Å². The van der Waals surface area contributed by atoms with Crippen molar-refractivity contribution >= 4 is 11.6 Å². The Morgan fingerprint density at radius 2 is 2.39 bits per heavy atom. The lowest BCUT2D eigenvalue weighted by atomic mass is 10.2. The molecule has 0 aliphatic carbocycles. The molecule has 1 unspecified atom stereocenters. The predicted molar refractivity (Wildman–Crippen MR) is 85.3 cm³/mol. The molecule has 0 bridgehead atoms. The first-order valence-corrected chi connectivity index (χ1v) is 7.26. The molecule has 0 radical (unpaired) electrons. The van der Waals surface area contributed by atoms with Crippen LogP contribution in [0.15, 0.2) is 17.8 Å². The molecule has 1 aliphatic heterocycles. The number of nitriles is 1. The van der Waals surface area contributed by atoms with E-state index in [0.29, 0.717) is 13.2 Å². The first-order valence-electron chi connectivity index (χ1n) is 7.26. The van der Waals surface area contributed by atoms with E-state index in [1.54, 1.807) is 6.92 Å². The van der Waals surface area contributed by atoms with E-state index in [4.69, 9.17) is 15.7 Å². The summed E-state index contributed by atoms with van der Waals surface area (Å²) in [5.41, 5.74) is 10.5. The Labute approximate surface area is 134 Å². The minimum absolute atomic E-state index is 0.0195. The number of nitrogen functional groups attached to an aromatic ring is 1. The van der Waals surface area contributed by atoms with Crippen LogP contribution in [-0.2, 0) is 0 Å². The summed E-state index contributed by atoms with van der Waals surface area (Å²) in [4.78, 5) is 16.3. The number of aromatic nitrogens is 1. The van der Waals surface area contributed by atoms with Crippen molar-refractivity contribution in [2.45, 2.75) is 19.9 Å². The molecular weight excluding hydrogens is 296 g/mol. The van der Waals surface area contributed by atoms with Crippen molar-refractivity contribution < 1.29 is 9.53 Å². The van der Waals surface area contributed by atoms with Crippen LogP contribution in [0.5, 0.6) is 5.88 Å². The zero-order chi connectivity index (χ0) is 17.0. The van der Waals surface area contributed by atoms with Crippen molar-refractivity contribution in [1.29, 1.82) is 5.26 Å². The van der Waals surface area contributed by atoms with Crippen molar-refractivity contribution in [3.05, 3.63) is 29.1 Å². The van der Waals surface area contributed by atoms with Crippen molar-refractivity contribution in [2.75, 3.05) is 25.9 Å². The van der Waals surface area contributed by atoms with Gasteiger partial charge in [-0.3, -0.25) is 4.79 Å². The minimum atomic E-state index is -0.371. The molecule has 1 aliphatic rings. The van der Waals surface area contributed by atoms with Crippen LogP contribution in [0.4, 0.5) is 5.69 Å². The smallest absolute Gasteiger partial charge is 0.270 e. The van der Waals surface area contributed by atoms with Crippen LogP contribution in [-0.4, -0.2) is 42.1 Å². The standard InChI is InChI=1S/C15H20N6O2/c1-4-23-15-11(7-16)12(17)6-13(19-15)14(22)18-8-10-5-9(2)21(3)20-10/h5-6,10,20H,4,8H2,1-3H3,(H2,17,19)(H,18,22). The predicted octanol–water partition coefficient (Wildman–Crippen LogP) is 0.386. The fourth-order valence-corrected chi connectivity index (χ4v) is 2.20. The van der Waals surface area contributed by atoms with Gasteiger partial charge < -0.3 is 20.8 Å². The molecule has 8 heteroatoms. The zero-order valence-electron chi connectivity index (χ0n) is 13.4. The second kappa shape index (κ2) is 6.98. The van der Waals surface area contributed by atoms with E-state index in [-0.39, 0.29) is 34.8 Å². The molecule has 1 aromatic rings. The first-order chi connectivity index (χ1) is 11.0. The molecular formula is C15H20N6O2. The largest absolute Gasteiger partial charge is 0.477 e. The number of carbonyl (C=O) groups is 1. The van der Waals surface area contributed by atoms with Crippen molar-refractivity contribution in [2.24, 2.45) is 0 Å². The number of amides is 1. The van der Waals surface area contributed by atoms with E-state index in [0.717, 1.165) is 5.70 Å². The van der Waals surface area contributed by atoms with Gasteiger partial charge in [-0.15, -0.1) is 0 Å². The van der Waals surface area contributed by atoms with Gasteiger partial charge in [-0.2, -0.15) is 5.26 Å². The highest BCUT2D eigenvalue weighted by molar-refractivity contribution is 5.93. The lowest BCUT2D eigenvalue weighted by Crippen LogP contribution is -2.41. The van der Waals surface area contributed by atoms with E-state index in [1.807, 2.05) is 31.1 Å². The third kappa shape index (κ3) is 3.70. The topological polar surface area (TPSA) is 116 Å². The van der Waals surface area contributed by atoms with Crippen LogP contribution in [0.25, 0.3) is 0 Å². The second-order valence-corrected chi connectivity index (χ2v) is 5.13. The van der Waals surface area contributed by atoms with E-state index in [2.05, 4.69) is 15.7 Å². The molecule has 1 aromatic heterocycles. The van der Waals surface area contributed by atoms with Gasteiger partial charge in [0.1, 0.15) is 17.3 Å². The first kappa shape index (κ1) is 16.6. The highest BCUT2D eigenvalue weighted by Gasteiger charge is 2.20.